The first-order valence-electron chi connectivity index (χ1n) is 4.04. The normalized spacial score (nSPS) is 19.5. The highest BCUT2D eigenvalue weighted by atomic mass is 16.7. The molecule has 74 valence electrons. The summed E-state index contributed by atoms with van der Waals surface area (Å²) in [7, 11) is 1.37. The van der Waals surface area contributed by atoms with Gasteiger partial charge in [-0.05, 0) is 12.1 Å². The van der Waals surface area contributed by atoms with Crippen LogP contribution in [0.3, 0.4) is 0 Å². The number of methoxy groups -OCH3 is 1. The number of carbonyl (C=O) groups is 1. The first-order valence-corrected chi connectivity index (χ1v) is 4.04. The number of nitrogens with one attached hydrogen (secondary N) is 1. The van der Waals surface area contributed by atoms with Crippen molar-refractivity contribution in [2.75, 3.05) is 12.4 Å². The standard InChI is InChI=1S/C9H9NO4/c1-13-9-8(12)10-6-3-2-5(11)4-7(6)14-9/h2-4,9,11H,1H3,(H,10,12). The molecule has 1 amide bonds. The van der Waals surface area contributed by atoms with Gasteiger partial charge in [-0.2, -0.15) is 0 Å². The molecular formula is C9H9NO4. The molecule has 1 aliphatic rings. The SMILES string of the molecule is COC1Oc2cc(O)ccc2NC1=O. The molecule has 1 aliphatic heterocycles. The maximum Gasteiger partial charge on any atom is 0.294 e. The van der Waals surface area contributed by atoms with Crippen molar-refractivity contribution in [3.05, 3.63) is 18.2 Å². The molecule has 0 bridgehead atoms. The Morgan fingerprint density at radius 3 is 3.07 bits per heavy atom. The largest absolute Gasteiger partial charge is 0.508 e. The van der Waals surface area contributed by atoms with E-state index in [1.807, 2.05) is 0 Å². The van der Waals surface area contributed by atoms with E-state index in [0.29, 0.717) is 11.4 Å². The van der Waals surface area contributed by atoms with Gasteiger partial charge in [-0.3, -0.25) is 4.79 Å². The van der Waals surface area contributed by atoms with E-state index in [9.17, 15) is 9.90 Å². The second-order valence-corrected chi connectivity index (χ2v) is 2.86. The first-order chi connectivity index (χ1) is 6.70. The number of hydrogen-bond donors (Lipinski definition) is 2. The highest BCUT2D eigenvalue weighted by Gasteiger charge is 2.27. The van der Waals surface area contributed by atoms with Crippen LogP contribution in [0.25, 0.3) is 0 Å². The Hall–Kier alpha value is -1.75. The van der Waals surface area contributed by atoms with E-state index >= 15 is 0 Å². The van der Waals surface area contributed by atoms with E-state index in [0.717, 1.165) is 0 Å². The number of fused-ring (bicyclic) bond motifs is 1. The summed E-state index contributed by atoms with van der Waals surface area (Å²) in [5.74, 6) is 0.122. The van der Waals surface area contributed by atoms with E-state index < -0.39 is 6.29 Å². The van der Waals surface area contributed by atoms with Crippen LogP contribution in [0.15, 0.2) is 18.2 Å². The van der Waals surface area contributed by atoms with Gasteiger partial charge in [-0.25, -0.2) is 0 Å². The number of carbonyl (C=O) groups excluding carboxylic acids is 1. The average Bonchev–Trinajstić information content (AvgIpc) is 2.17. The van der Waals surface area contributed by atoms with E-state index in [1.54, 1.807) is 6.07 Å². The maximum atomic E-state index is 11.2. The summed E-state index contributed by atoms with van der Waals surface area (Å²) in [6.07, 6.45) is -0.954. The molecule has 1 heterocycles. The van der Waals surface area contributed by atoms with Crippen LogP contribution < -0.4 is 10.1 Å². The van der Waals surface area contributed by atoms with E-state index in [2.05, 4.69) is 5.32 Å². The highest BCUT2D eigenvalue weighted by Crippen LogP contribution is 2.32. The van der Waals surface area contributed by atoms with Gasteiger partial charge in [0.15, 0.2) is 5.75 Å². The topological polar surface area (TPSA) is 67.8 Å². The monoisotopic (exact) mass is 195 g/mol. The molecule has 1 aromatic rings. The number of benzene rings is 1. The summed E-state index contributed by atoms with van der Waals surface area (Å²) in [6, 6.07) is 4.45. The van der Waals surface area contributed by atoms with Gasteiger partial charge in [0.05, 0.1) is 5.69 Å². The summed E-state index contributed by atoms with van der Waals surface area (Å²) in [5.41, 5.74) is 0.529. The molecule has 0 spiro atoms. The summed E-state index contributed by atoms with van der Waals surface area (Å²) in [5, 5.41) is 11.8. The Labute approximate surface area is 80.3 Å². The van der Waals surface area contributed by atoms with Crippen molar-refractivity contribution in [1.82, 2.24) is 0 Å². The minimum Gasteiger partial charge on any atom is -0.508 e. The summed E-state index contributed by atoms with van der Waals surface area (Å²) >= 11 is 0. The quantitative estimate of drug-likeness (QED) is 0.647. The van der Waals surface area contributed by atoms with Crippen molar-refractivity contribution in [3.8, 4) is 11.5 Å². The second kappa shape index (κ2) is 3.19. The molecule has 5 heteroatoms. The molecule has 0 radical (unpaired) electrons. The van der Waals surface area contributed by atoms with Gasteiger partial charge in [0.2, 0.25) is 0 Å². The van der Waals surface area contributed by atoms with Gasteiger partial charge in [0.1, 0.15) is 5.75 Å². The highest BCUT2D eigenvalue weighted by molar-refractivity contribution is 5.96. The van der Waals surface area contributed by atoms with Crippen LogP contribution in [0.2, 0.25) is 0 Å². The van der Waals surface area contributed by atoms with E-state index in [1.165, 1.54) is 19.2 Å². The van der Waals surface area contributed by atoms with E-state index in [-0.39, 0.29) is 11.7 Å². The fourth-order valence-electron chi connectivity index (χ4n) is 1.23. The Kier molecular flexibility index (Phi) is 2.01. The number of phenolic OH excluding ortho intramolecular Hbond substituents is 1. The first kappa shape index (κ1) is 8.83. The molecule has 0 saturated carbocycles. The Morgan fingerprint density at radius 1 is 1.57 bits per heavy atom. The van der Waals surface area contributed by atoms with Crippen molar-refractivity contribution in [3.63, 3.8) is 0 Å². The molecule has 5 nitrogen and oxygen atoms in total. The average molecular weight is 195 g/mol. The molecular weight excluding hydrogens is 186 g/mol. The molecule has 0 aromatic heterocycles. The smallest absolute Gasteiger partial charge is 0.294 e. The fourth-order valence-corrected chi connectivity index (χ4v) is 1.23. The van der Waals surface area contributed by atoms with Gasteiger partial charge >= 0.3 is 0 Å². The number of phenols is 1. The third-order valence-electron chi connectivity index (χ3n) is 1.89. The minimum absolute atomic E-state index is 0.0785. The number of hydrogen-bond acceptors (Lipinski definition) is 4. The lowest BCUT2D eigenvalue weighted by atomic mass is 10.2. The van der Waals surface area contributed by atoms with Crippen molar-refractivity contribution in [2.45, 2.75) is 6.29 Å². The molecule has 0 saturated heterocycles. The molecule has 0 aliphatic carbocycles. The number of amides is 1. The molecule has 2 rings (SSSR count). The zero-order valence-electron chi connectivity index (χ0n) is 7.48. The lowest BCUT2D eigenvalue weighted by Gasteiger charge is -2.24. The van der Waals surface area contributed by atoms with Gasteiger partial charge in [0, 0.05) is 13.2 Å². The van der Waals surface area contributed by atoms with Crippen LogP contribution in [0.5, 0.6) is 11.5 Å². The predicted molar refractivity (Wildman–Crippen MR) is 48.2 cm³/mol. The van der Waals surface area contributed by atoms with Gasteiger partial charge < -0.3 is 19.9 Å². The number of rotatable bonds is 1. The predicted octanol–water partition coefficient (Wildman–Crippen LogP) is 0.696. The van der Waals surface area contributed by atoms with Crippen molar-refractivity contribution in [1.29, 1.82) is 0 Å². The van der Waals surface area contributed by atoms with Gasteiger partial charge in [0.25, 0.3) is 12.2 Å². The van der Waals surface area contributed by atoms with Crippen LogP contribution in [0.1, 0.15) is 0 Å². The minimum atomic E-state index is -0.954. The molecule has 0 fully saturated rings. The van der Waals surface area contributed by atoms with Crippen LogP contribution in [-0.2, 0) is 9.53 Å². The molecule has 1 aromatic carbocycles. The summed E-state index contributed by atoms with van der Waals surface area (Å²) in [6.45, 7) is 0. The van der Waals surface area contributed by atoms with Gasteiger partial charge in [-0.1, -0.05) is 0 Å². The number of aromatic hydroxyl groups is 1. The second-order valence-electron chi connectivity index (χ2n) is 2.86. The zero-order valence-corrected chi connectivity index (χ0v) is 7.48. The summed E-state index contributed by atoms with van der Waals surface area (Å²) < 4.78 is 9.96. The molecule has 2 N–H and O–H groups in total. The molecule has 1 unspecified atom stereocenters. The third kappa shape index (κ3) is 1.38. The van der Waals surface area contributed by atoms with Gasteiger partial charge in [-0.15, -0.1) is 0 Å². The maximum absolute atomic E-state index is 11.2. The van der Waals surface area contributed by atoms with Crippen LogP contribution >= 0.6 is 0 Å². The molecule has 1 atom stereocenters. The number of anilines is 1. The summed E-state index contributed by atoms with van der Waals surface area (Å²) in [4.78, 5) is 11.2. The lowest BCUT2D eigenvalue weighted by molar-refractivity contribution is -0.143. The van der Waals surface area contributed by atoms with Crippen molar-refractivity contribution >= 4 is 11.6 Å². The zero-order chi connectivity index (χ0) is 10.1. The fraction of sp³-hybridized carbons (Fsp3) is 0.222. The van der Waals surface area contributed by atoms with E-state index in [4.69, 9.17) is 9.47 Å². The molecule has 14 heavy (non-hydrogen) atoms. The Bertz CT molecular complexity index is 377. The van der Waals surface area contributed by atoms with Crippen LogP contribution in [-0.4, -0.2) is 24.4 Å². The van der Waals surface area contributed by atoms with Crippen LogP contribution in [0, 0.1) is 0 Å². The lowest BCUT2D eigenvalue weighted by Crippen LogP contribution is -2.38. The Morgan fingerprint density at radius 2 is 2.36 bits per heavy atom. The number of ether oxygens (including phenoxy) is 2. The van der Waals surface area contributed by atoms with Crippen LogP contribution in [0.4, 0.5) is 5.69 Å². The Balaban J connectivity index is 2.36. The third-order valence-corrected chi connectivity index (χ3v) is 1.89. The van der Waals surface area contributed by atoms with Crippen molar-refractivity contribution in [2.24, 2.45) is 0 Å². The van der Waals surface area contributed by atoms with Crippen molar-refractivity contribution < 1.29 is 19.4 Å².